The molecule has 0 saturated heterocycles. The maximum Gasteiger partial charge on any atom is 0.0992 e. The lowest BCUT2D eigenvalue weighted by molar-refractivity contribution is 0.0564. The number of nitrogens with one attached hydrogen (secondary N) is 1. The van der Waals surface area contributed by atoms with E-state index in [0.29, 0.717) is 12.5 Å². The van der Waals surface area contributed by atoms with Gasteiger partial charge in [0.05, 0.1) is 5.60 Å². The van der Waals surface area contributed by atoms with Gasteiger partial charge >= 0.3 is 0 Å². The summed E-state index contributed by atoms with van der Waals surface area (Å²) in [6, 6.07) is 8.05. The van der Waals surface area contributed by atoms with Crippen molar-refractivity contribution in [1.82, 2.24) is 5.32 Å². The first-order valence-electron chi connectivity index (χ1n) is 5.92. The number of aliphatic hydroxyl groups is 1. The van der Waals surface area contributed by atoms with Crippen LogP contribution in [0, 0.1) is 12.8 Å². The average Bonchev–Trinajstić information content (AvgIpc) is 2.17. The fourth-order valence-corrected chi connectivity index (χ4v) is 1.62. The molecule has 0 radical (unpaired) electrons. The highest BCUT2D eigenvalue weighted by Gasteiger charge is 2.22. The van der Waals surface area contributed by atoms with Gasteiger partial charge in [-0.3, -0.25) is 0 Å². The maximum absolute atomic E-state index is 10.3. The second-order valence-corrected chi connectivity index (χ2v) is 5.16. The monoisotopic (exact) mass is 221 g/mol. The standard InChI is InChI=1S/C14H23NO/c1-11(2)9-15-10-14(4,16)13-7-5-12(3)6-8-13/h5-8,11,15-16H,9-10H2,1-4H3. The summed E-state index contributed by atoms with van der Waals surface area (Å²) in [5.41, 5.74) is 1.40. The van der Waals surface area contributed by atoms with Gasteiger partial charge < -0.3 is 10.4 Å². The average molecular weight is 221 g/mol. The van der Waals surface area contributed by atoms with E-state index in [4.69, 9.17) is 0 Å². The van der Waals surface area contributed by atoms with Crippen LogP contribution in [-0.2, 0) is 5.60 Å². The van der Waals surface area contributed by atoms with Gasteiger partial charge in [0.25, 0.3) is 0 Å². The van der Waals surface area contributed by atoms with Crippen molar-refractivity contribution < 1.29 is 5.11 Å². The van der Waals surface area contributed by atoms with E-state index < -0.39 is 5.60 Å². The summed E-state index contributed by atoms with van der Waals surface area (Å²) < 4.78 is 0. The molecule has 2 heteroatoms. The molecule has 0 saturated carbocycles. The van der Waals surface area contributed by atoms with Crippen LogP contribution in [0.15, 0.2) is 24.3 Å². The zero-order valence-corrected chi connectivity index (χ0v) is 10.7. The molecule has 16 heavy (non-hydrogen) atoms. The summed E-state index contributed by atoms with van der Waals surface area (Å²) in [6.07, 6.45) is 0. The van der Waals surface area contributed by atoms with Crippen LogP contribution in [0.3, 0.4) is 0 Å². The van der Waals surface area contributed by atoms with Crippen LogP contribution in [0.5, 0.6) is 0 Å². The Kier molecular flexibility index (Phi) is 4.51. The number of hydrogen-bond donors (Lipinski definition) is 2. The van der Waals surface area contributed by atoms with Crippen LogP contribution in [0.2, 0.25) is 0 Å². The summed E-state index contributed by atoms with van der Waals surface area (Å²) in [7, 11) is 0. The fraction of sp³-hybridized carbons (Fsp3) is 0.571. The van der Waals surface area contributed by atoms with Gasteiger partial charge in [0, 0.05) is 6.54 Å². The number of benzene rings is 1. The Hall–Kier alpha value is -0.860. The Morgan fingerprint density at radius 2 is 1.81 bits per heavy atom. The quantitative estimate of drug-likeness (QED) is 0.800. The Labute approximate surface area is 98.7 Å². The third-order valence-corrected chi connectivity index (χ3v) is 2.70. The van der Waals surface area contributed by atoms with Crippen LogP contribution < -0.4 is 5.32 Å². The van der Waals surface area contributed by atoms with E-state index in [-0.39, 0.29) is 0 Å². The van der Waals surface area contributed by atoms with E-state index >= 15 is 0 Å². The molecule has 0 spiro atoms. The minimum Gasteiger partial charge on any atom is -0.384 e. The molecule has 0 bridgehead atoms. The third-order valence-electron chi connectivity index (χ3n) is 2.70. The molecule has 1 aromatic carbocycles. The van der Waals surface area contributed by atoms with Crippen molar-refractivity contribution >= 4 is 0 Å². The van der Waals surface area contributed by atoms with E-state index in [1.165, 1.54) is 5.56 Å². The van der Waals surface area contributed by atoms with Crippen molar-refractivity contribution in [2.45, 2.75) is 33.3 Å². The predicted octanol–water partition coefficient (Wildman–Crippen LogP) is 2.45. The van der Waals surface area contributed by atoms with Crippen molar-refractivity contribution in [3.63, 3.8) is 0 Å². The fourth-order valence-electron chi connectivity index (χ4n) is 1.62. The second-order valence-electron chi connectivity index (χ2n) is 5.16. The normalized spacial score (nSPS) is 15.1. The van der Waals surface area contributed by atoms with Gasteiger partial charge in [-0.2, -0.15) is 0 Å². The summed E-state index contributed by atoms with van der Waals surface area (Å²) in [5, 5.41) is 13.6. The molecule has 90 valence electrons. The minimum absolute atomic E-state index is 0.592. The number of hydrogen-bond acceptors (Lipinski definition) is 2. The summed E-state index contributed by atoms with van der Waals surface area (Å²) in [6.45, 7) is 9.75. The van der Waals surface area contributed by atoms with E-state index in [0.717, 1.165) is 12.1 Å². The minimum atomic E-state index is -0.789. The molecule has 1 rings (SSSR count). The Balaban J connectivity index is 2.59. The van der Waals surface area contributed by atoms with Crippen LogP contribution in [-0.4, -0.2) is 18.2 Å². The van der Waals surface area contributed by atoms with Gasteiger partial charge in [0.15, 0.2) is 0 Å². The van der Waals surface area contributed by atoms with Gasteiger partial charge in [0.1, 0.15) is 0 Å². The largest absolute Gasteiger partial charge is 0.384 e. The first kappa shape index (κ1) is 13.2. The van der Waals surface area contributed by atoms with Crippen LogP contribution >= 0.6 is 0 Å². The van der Waals surface area contributed by atoms with Gasteiger partial charge in [-0.15, -0.1) is 0 Å². The van der Waals surface area contributed by atoms with Crippen molar-refractivity contribution in [3.8, 4) is 0 Å². The van der Waals surface area contributed by atoms with Crippen LogP contribution in [0.25, 0.3) is 0 Å². The van der Waals surface area contributed by atoms with E-state index in [1.807, 2.05) is 31.2 Å². The highest BCUT2D eigenvalue weighted by Crippen LogP contribution is 2.19. The summed E-state index contributed by atoms with van der Waals surface area (Å²) in [4.78, 5) is 0. The molecular formula is C14H23NO. The molecule has 0 aliphatic heterocycles. The smallest absolute Gasteiger partial charge is 0.0992 e. The topological polar surface area (TPSA) is 32.3 Å². The molecule has 2 N–H and O–H groups in total. The molecule has 2 nitrogen and oxygen atoms in total. The first-order chi connectivity index (χ1) is 7.42. The lowest BCUT2D eigenvalue weighted by Gasteiger charge is -2.25. The number of rotatable bonds is 5. The highest BCUT2D eigenvalue weighted by molar-refractivity contribution is 5.26. The molecule has 0 aliphatic rings. The molecule has 0 amide bonds. The molecule has 0 aliphatic carbocycles. The van der Waals surface area contributed by atoms with Crippen LogP contribution in [0.4, 0.5) is 0 Å². The van der Waals surface area contributed by atoms with E-state index in [1.54, 1.807) is 0 Å². The second kappa shape index (κ2) is 5.46. The Morgan fingerprint density at radius 3 is 2.31 bits per heavy atom. The maximum atomic E-state index is 10.3. The van der Waals surface area contributed by atoms with Crippen molar-refractivity contribution in [3.05, 3.63) is 35.4 Å². The van der Waals surface area contributed by atoms with Gasteiger partial charge in [-0.05, 0) is 31.9 Å². The Morgan fingerprint density at radius 1 is 1.25 bits per heavy atom. The zero-order valence-electron chi connectivity index (χ0n) is 10.7. The molecular weight excluding hydrogens is 198 g/mol. The molecule has 1 unspecified atom stereocenters. The SMILES string of the molecule is Cc1ccc(C(C)(O)CNCC(C)C)cc1. The molecule has 0 fully saturated rings. The first-order valence-corrected chi connectivity index (χ1v) is 5.92. The van der Waals surface area contributed by atoms with Crippen molar-refractivity contribution in [2.75, 3.05) is 13.1 Å². The van der Waals surface area contributed by atoms with Crippen LogP contribution in [0.1, 0.15) is 31.9 Å². The van der Waals surface area contributed by atoms with Gasteiger partial charge in [-0.1, -0.05) is 43.7 Å². The Bertz CT molecular complexity index is 314. The molecule has 1 atom stereocenters. The lowest BCUT2D eigenvalue weighted by Crippen LogP contribution is -2.36. The summed E-state index contributed by atoms with van der Waals surface area (Å²) in [5.74, 6) is 0.605. The summed E-state index contributed by atoms with van der Waals surface area (Å²) >= 11 is 0. The van der Waals surface area contributed by atoms with E-state index in [9.17, 15) is 5.11 Å². The lowest BCUT2D eigenvalue weighted by atomic mass is 9.95. The van der Waals surface area contributed by atoms with Crippen molar-refractivity contribution in [1.29, 1.82) is 0 Å². The van der Waals surface area contributed by atoms with Crippen molar-refractivity contribution in [2.24, 2.45) is 5.92 Å². The molecule has 0 aromatic heterocycles. The molecule has 0 heterocycles. The van der Waals surface area contributed by atoms with Gasteiger partial charge in [-0.25, -0.2) is 0 Å². The third kappa shape index (κ3) is 3.95. The van der Waals surface area contributed by atoms with E-state index in [2.05, 4.69) is 26.1 Å². The molecule has 1 aromatic rings. The van der Waals surface area contributed by atoms with Gasteiger partial charge in [0.2, 0.25) is 0 Å². The number of aryl methyl sites for hydroxylation is 1. The highest BCUT2D eigenvalue weighted by atomic mass is 16.3. The predicted molar refractivity (Wildman–Crippen MR) is 68.5 cm³/mol. The zero-order chi connectivity index (χ0) is 12.2.